The number of benzene rings is 4. The molecule has 0 fully saturated rings. The first-order valence-electron chi connectivity index (χ1n) is 20.6. The van der Waals surface area contributed by atoms with Crippen molar-refractivity contribution in [1.82, 2.24) is 29.9 Å². The van der Waals surface area contributed by atoms with Crippen LogP contribution < -0.4 is 0 Å². The van der Waals surface area contributed by atoms with Crippen molar-refractivity contribution in [3.63, 3.8) is 0 Å². The molecule has 0 unspecified atom stereocenters. The van der Waals surface area contributed by atoms with E-state index in [0.717, 1.165) is 34.6 Å². The summed E-state index contributed by atoms with van der Waals surface area (Å²) < 4.78 is 39.0. The van der Waals surface area contributed by atoms with E-state index in [1.54, 1.807) is 91.5 Å². The van der Waals surface area contributed by atoms with Crippen molar-refractivity contribution in [2.24, 2.45) is 0 Å². The predicted octanol–water partition coefficient (Wildman–Crippen LogP) is 12.2. The molecule has 0 amide bonds. The number of aromatic nitrogens is 6. The number of halogens is 3. The van der Waals surface area contributed by atoms with Gasteiger partial charge in [0.2, 0.25) is 0 Å². The molecular weight excluding hydrogens is 1450 g/mol. The van der Waals surface area contributed by atoms with Crippen molar-refractivity contribution >= 4 is 11.9 Å². The van der Waals surface area contributed by atoms with Gasteiger partial charge in [-0.25, -0.2) is 19.6 Å². The molecule has 0 saturated heterocycles. The normalized spacial score (nSPS) is 9.21. The Balaban J connectivity index is 0.000000296. The van der Waals surface area contributed by atoms with E-state index in [2.05, 4.69) is 54.2 Å². The van der Waals surface area contributed by atoms with Gasteiger partial charge in [-0.3, -0.25) is 13.2 Å². The van der Waals surface area contributed by atoms with E-state index < -0.39 is 23.6 Å². The molecule has 2 N–H and O–H groups in total. The van der Waals surface area contributed by atoms with Crippen molar-refractivity contribution in [3.8, 4) is 45.0 Å². The van der Waals surface area contributed by atoms with Gasteiger partial charge in [0.25, 0.3) is 0 Å². The second-order valence-corrected chi connectivity index (χ2v) is 13.4. The fourth-order valence-electron chi connectivity index (χ4n) is 5.40. The first kappa shape index (κ1) is 60.6. The quantitative estimate of drug-likeness (QED) is 0.154. The topological polar surface area (TPSA) is 152 Å². The summed E-state index contributed by atoms with van der Waals surface area (Å²) in [6.45, 7) is 0. The van der Waals surface area contributed by atoms with Gasteiger partial charge in [-0.1, -0.05) is 77.9 Å². The van der Waals surface area contributed by atoms with Gasteiger partial charge in [0, 0.05) is 115 Å². The van der Waals surface area contributed by atoms with Crippen LogP contribution in [0.25, 0.3) is 45.0 Å². The summed E-state index contributed by atoms with van der Waals surface area (Å²) in [5.41, 5.74) is 5.85. The van der Waals surface area contributed by atoms with Gasteiger partial charge in [0.15, 0.2) is 0 Å². The minimum atomic E-state index is -0.990. The summed E-state index contributed by atoms with van der Waals surface area (Å²) >= 11 is 0. The number of nitrogens with zero attached hydrogens (tertiary/aromatic N) is 6. The van der Waals surface area contributed by atoms with Crippen LogP contribution in [-0.2, 0) is 60.3 Å². The van der Waals surface area contributed by atoms with Gasteiger partial charge in [0.1, 0.15) is 11.4 Å². The first-order valence-corrected chi connectivity index (χ1v) is 20.6. The Hall–Kier alpha value is -7.54. The Kier molecular flexibility index (Phi) is 29.2. The molecule has 0 aliphatic rings. The molecule has 4 aromatic carbocycles. The van der Waals surface area contributed by atoms with Crippen LogP contribution in [0.3, 0.4) is 0 Å². The third-order valence-corrected chi connectivity index (χ3v) is 8.57. The Morgan fingerprint density at radius 3 is 1.04 bits per heavy atom. The Labute approximate surface area is 455 Å². The molecule has 0 bridgehead atoms. The number of rotatable bonds is 6. The van der Waals surface area contributed by atoms with E-state index >= 15 is 0 Å². The van der Waals surface area contributed by atoms with Gasteiger partial charge in [-0.2, -0.15) is 0 Å². The van der Waals surface area contributed by atoms with E-state index in [1.807, 2.05) is 91.0 Å². The van der Waals surface area contributed by atoms with Gasteiger partial charge < -0.3 is 30.1 Å². The van der Waals surface area contributed by atoms with Crippen LogP contribution >= 0.6 is 0 Å². The fraction of sp³-hybridized carbons (Fsp3) is 0. The third-order valence-electron chi connectivity index (χ3n) is 8.57. The molecule has 72 heavy (non-hydrogen) atoms. The summed E-state index contributed by atoms with van der Waals surface area (Å²) in [4.78, 5) is 43.9. The SMILES string of the molecule is Fc1c[c-]c(-c2ccccn2)c(F)c1.Fc1ccc[c-]c1-c1ccccn1.O=C(O)c1ccccn1.O=C(O)c1ccccn1.[Ir].[Ir].[Ir].[c-]1ccccc1-c1ccccn1.[c-]1ccccc1-c1ccccn1. The number of carboxylic acids is 2. The molecule has 0 saturated carbocycles. The van der Waals surface area contributed by atoms with Crippen LogP contribution in [0, 0.1) is 41.7 Å². The van der Waals surface area contributed by atoms with Crippen molar-refractivity contribution < 1.29 is 93.3 Å². The first-order chi connectivity index (χ1) is 33.7. The molecule has 6 aromatic heterocycles. The standard InChI is InChI=1S/C11H6F2N.C11H7FN.2C11H8N.2C6H5NO2.3Ir/c12-8-4-5-9(10(13)7-8)11-3-1-2-6-14-11;12-10-6-2-1-5-9(10)11-7-3-4-8-13-11;2*1-2-6-10(7-3-1)11-8-4-5-9-12-11;2*8-6(9)5-3-1-2-4-7-5;;;/h1-4,6-7H;1-4,6-8H;2*1-6,8-9H;2*1-4H,(H,8,9);;;/q4*-1;;;;;. The van der Waals surface area contributed by atoms with E-state index in [-0.39, 0.29) is 83.1 Å². The molecule has 16 heteroatoms. The maximum absolute atomic E-state index is 13.2. The summed E-state index contributed by atoms with van der Waals surface area (Å²) in [7, 11) is 0. The Morgan fingerprint density at radius 1 is 0.375 bits per heavy atom. The molecule has 0 spiro atoms. The predicted molar refractivity (Wildman–Crippen MR) is 256 cm³/mol. The maximum atomic E-state index is 13.2. The van der Waals surface area contributed by atoms with Gasteiger partial charge in [-0.05, 0) is 71.3 Å². The number of carbonyl (C=O) groups is 2. The second-order valence-electron chi connectivity index (χ2n) is 13.4. The summed E-state index contributed by atoms with van der Waals surface area (Å²) in [6, 6.07) is 65.6. The van der Waals surface area contributed by atoms with Crippen molar-refractivity contribution in [2.45, 2.75) is 0 Å². The molecule has 10 aromatic rings. The largest absolute Gasteiger partial charge is 0.477 e. The molecule has 6 heterocycles. The molecule has 10 nitrogen and oxygen atoms in total. The maximum Gasteiger partial charge on any atom is 0.354 e. The molecule has 3 radical (unpaired) electrons. The van der Waals surface area contributed by atoms with Crippen molar-refractivity contribution in [1.29, 1.82) is 0 Å². The molecule has 0 atom stereocenters. The van der Waals surface area contributed by atoms with E-state index in [4.69, 9.17) is 10.2 Å². The van der Waals surface area contributed by atoms with Gasteiger partial charge in [0.05, 0.1) is 0 Å². The van der Waals surface area contributed by atoms with E-state index in [9.17, 15) is 22.8 Å². The number of aromatic carboxylic acids is 2. The van der Waals surface area contributed by atoms with E-state index in [0.29, 0.717) is 17.0 Å². The van der Waals surface area contributed by atoms with Crippen molar-refractivity contribution in [2.75, 3.05) is 0 Å². The minimum Gasteiger partial charge on any atom is -0.477 e. The van der Waals surface area contributed by atoms with Crippen LogP contribution in [0.1, 0.15) is 21.0 Å². The second kappa shape index (κ2) is 34.7. The zero-order chi connectivity index (χ0) is 48.9. The molecule has 0 aliphatic heterocycles. The zero-order valence-electron chi connectivity index (χ0n) is 37.4. The van der Waals surface area contributed by atoms with Crippen LogP contribution in [0.2, 0.25) is 0 Å². The fourth-order valence-corrected chi connectivity index (χ4v) is 5.40. The zero-order valence-corrected chi connectivity index (χ0v) is 44.6. The van der Waals surface area contributed by atoms with Gasteiger partial charge in [-0.15, -0.1) is 108 Å². The van der Waals surface area contributed by atoms with Crippen LogP contribution in [-0.4, -0.2) is 52.1 Å². The average Bonchev–Trinajstić information content (AvgIpc) is 3.42. The number of carboxylic acid groups (broad SMARTS) is 2. The smallest absolute Gasteiger partial charge is 0.354 e. The summed E-state index contributed by atoms with van der Waals surface area (Å²) in [6.07, 6.45) is 9.65. The van der Waals surface area contributed by atoms with Gasteiger partial charge >= 0.3 is 11.9 Å². The average molecular weight is 1490 g/mol. The molecule has 10 rings (SSSR count). The van der Waals surface area contributed by atoms with Crippen LogP contribution in [0.15, 0.2) is 225 Å². The van der Waals surface area contributed by atoms with Crippen LogP contribution in [0.5, 0.6) is 0 Å². The third kappa shape index (κ3) is 21.6. The summed E-state index contributed by atoms with van der Waals surface area (Å²) in [5, 5.41) is 16.6. The molecular formula is C56H39F3Ir3N6O4-4. The van der Waals surface area contributed by atoms with E-state index in [1.165, 1.54) is 30.6 Å². The Morgan fingerprint density at radius 2 is 0.736 bits per heavy atom. The number of hydrogen-bond donors (Lipinski definition) is 2. The Bertz CT molecular complexity index is 2830. The molecule has 369 valence electrons. The minimum absolute atomic E-state index is 0. The van der Waals surface area contributed by atoms with Crippen LogP contribution in [0.4, 0.5) is 13.2 Å². The number of hydrogen-bond acceptors (Lipinski definition) is 8. The molecule has 0 aliphatic carbocycles. The number of pyridine rings is 6. The summed E-state index contributed by atoms with van der Waals surface area (Å²) in [5.74, 6) is -3.56. The van der Waals surface area contributed by atoms with Crippen molar-refractivity contribution in [3.05, 3.63) is 278 Å². The monoisotopic (exact) mass is 1500 g/mol.